The zero-order valence-corrected chi connectivity index (χ0v) is 24.9. The first-order valence-electron chi connectivity index (χ1n) is 15.4. The molecule has 6 heteroatoms. The third-order valence-electron chi connectivity index (χ3n) is 12.5. The second-order valence-electron chi connectivity index (χ2n) is 15.3. The Labute approximate surface area is 233 Å². The molecule has 4 bridgehead atoms. The van der Waals surface area contributed by atoms with Crippen molar-refractivity contribution in [1.29, 1.82) is 0 Å². The maximum absolute atomic E-state index is 12.8. The van der Waals surface area contributed by atoms with Gasteiger partial charge in [0.25, 0.3) is 0 Å². The van der Waals surface area contributed by atoms with Crippen molar-refractivity contribution >= 4 is 5.97 Å². The summed E-state index contributed by atoms with van der Waals surface area (Å²) in [5.74, 6) is 1.63. The Balaban J connectivity index is 1.44. The molecule has 8 rings (SSSR count). The minimum Gasteiger partial charge on any atom is -0.482 e. The number of ether oxygens (including phenoxy) is 3. The highest BCUT2D eigenvalue weighted by atomic mass is 16.6. The summed E-state index contributed by atoms with van der Waals surface area (Å²) >= 11 is 0. The molecule has 5 fully saturated rings. The van der Waals surface area contributed by atoms with Crippen LogP contribution in [-0.2, 0) is 21.4 Å². The lowest BCUT2D eigenvalue weighted by molar-refractivity contribution is -0.312. The Morgan fingerprint density at radius 2 is 1.92 bits per heavy atom. The molecule has 5 aliphatic carbocycles. The third kappa shape index (κ3) is 3.12. The number of esters is 1. The fraction of sp³-hybridized carbons (Fsp3) is 0.788. The molecule has 6 nitrogen and oxygen atoms in total. The van der Waals surface area contributed by atoms with Gasteiger partial charge < -0.3 is 19.3 Å². The smallest absolute Gasteiger partial charge is 0.313 e. The van der Waals surface area contributed by atoms with Crippen LogP contribution in [0.15, 0.2) is 12.1 Å². The van der Waals surface area contributed by atoms with Gasteiger partial charge in [0.05, 0.1) is 11.5 Å². The Hall–Kier alpha value is -1.63. The number of hydrogen-bond acceptors (Lipinski definition) is 6. The van der Waals surface area contributed by atoms with Gasteiger partial charge in [0.2, 0.25) is 0 Å². The van der Waals surface area contributed by atoms with Crippen LogP contribution >= 0.6 is 0 Å². The molecule has 2 heterocycles. The van der Waals surface area contributed by atoms with Crippen molar-refractivity contribution in [3.63, 3.8) is 0 Å². The zero-order valence-electron chi connectivity index (χ0n) is 24.9. The number of likely N-dealkylation sites (tertiary alicyclic amines) is 1. The molecule has 7 atom stereocenters. The van der Waals surface area contributed by atoms with Gasteiger partial charge in [0.1, 0.15) is 11.7 Å². The number of benzene rings is 1. The van der Waals surface area contributed by atoms with E-state index in [1.54, 1.807) is 0 Å². The molecule has 0 aromatic heterocycles. The van der Waals surface area contributed by atoms with E-state index >= 15 is 0 Å². The largest absolute Gasteiger partial charge is 0.482 e. The number of nitrogens with zero attached hydrogens (tertiary/aromatic N) is 1. The molecule has 1 aromatic rings. The van der Waals surface area contributed by atoms with Gasteiger partial charge in [0.15, 0.2) is 11.5 Å². The van der Waals surface area contributed by atoms with Crippen molar-refractivity contribution in [2.75, 3.05) is 20.2 Å². The lowest BCUT2D eigenvalue weighted by Gasteiger charge is -2.75. The van der Waals surface area contributed by atoms with Crippen molar-refractivity contribution in [3.8, 4) is 11.5 Å². The average molecular weight is 538 g/mol. The van der Waals surface area contributed by atoms with Gasteiger partial charge in [0, 0.05) is 42.0 Å². The SMILES string of the molecule is COC12CCC3(CC1C(C)(O)C(C)(C)C)C1Cc4ccc(OC(=O)C(C)C)c5c4C3(CCN1CC1CC1)C2O5. The van der Waals surface area contributed by atoms with Crippen LogP contribution in [0.25, 0.3) is 0 Å². The van der Waals surface area contributed by atoms with E-state index in [1.165, 1.54) is 30.5 Å². The quantitative estimate of drug-likeness (QED) is 0.394. The summed E-state index contributed by atoms with van der Waals surface area (Å²) in [6, 6.07) is 4.60. The molecular formula is C33H47NO5. The summed E-state index contributed by atoms with van der Waals surface area (Å²) in [7, 11) is 1.83. The van der Waals surface area contributed by atoms with E-state index in [1.807, 2.05) is 33.9 Å². The van der Waals surface area contributed by atoms with Gasteiger partial charge in [-0.2, -0.15) is 0 Å². The predicted molar refractivity (Wildman–Crippen MR) is 149 cm³/mol. The van der Waals surface area contributed by atoms with Crippen molar-refractivity contribution in [2.24, 2.45) is 28.6 Å². The first kappa shape index (κ1) is 26.3. The monoisotopic (exact) mass is 537 g/mol. The molecule has 7 unspecified atom stereocenters. The molecule has 1 N–H and O–H groups in total. The summed E-state index contributed by atoms with van der Waals surface area (Å²) in [6.07, 6.45) is 7.41. The first-order valence-corrected chi connectivity index (χ1v) is 15.4. The van der Waals surface area contributed by atoms with E-state index in [0.717, 1.165) is 50.3 Å². The number of rotatable bonds is 6. The Morgan fingerprint density at radius 3 is 2.56 bits per heavy atom. The standard InChI is InChI=1S/C33H47NO5/c1-19(2)27(35)38-22-11-10-21-16-24-31-12-13-33(37-7,23(17-31)30(6,36)29(3,4)5)28-32(31,25(21)26(22)39-28)14-15-34(24)18-20-8-9-20/h10-11,19-20,23-24,28,36H,8-9,12-18H2,1-7H3. The summed E-state index contributed by atoms with van der Waals surface area (Å²) < 4.78 is 19.8. The highest BCUT2D eigenvalue weighted by Gasteiger charge is 2.82. The van der Waals surface area contributed by atoms with Crippen LogP contribution in [0.4, 0.5) is 0 Å². The van der Waals surface area contributed by atoms with Crippen molar-refractivity contribution < 1.29 is 24.1 Å². The molecule has 39 heavy (non-hydrogen) atoms. The van der Waals surface area contributed by atoms with Gasteiger partial charge in [-0.25, -0.2) is 0 Å². The van der Waals surface area contributed by atoms with Crippen LogP contribution in [0.3, 0.4) is 0 Å². The van der Waals surface area contributed by atoms with Crippen molar-refractivity contribution in [2.45, 2.75) is 115 Å². The van der Waals surface area contributed by atoms with E-state index in [-0.39, 0.29) is 40.2 Å². The topological polar surface area (TPSA) is 68.2 Å². The zero-order chi connectivity index (χ0) is 27.8. The summed E-state index contributed by atoms with van der Waals surface area (Å²) in [6.45, 7) is 14.5. The fourth-order valence-corrected chi connectivity index (χ4v) is 9.88. The number of fused-ring (bicyclic) bond motifs is 2. The highest BCUT2D eigenvalue weighted by molar-refractivity contribution is 5.76. The Kier molecular flexibility index (Phi) is 5.40. The number of methoxy groups -OCH3 is 1. The van der Waals surface area contributed by atoms with Gasteiger partial charge >= 0.3 is 5.97 Å². The van der Waals surface area contributed by atoms with Crippen LogP contribution in [-0.4, -0.2) is 59.5 Å². The Bertz CT molecular complexity index is 1210. The predicted octanol–water partition coefficient (Wildman–Crippen LogP) is 5.27. The van der Waals surface area contributed by atoms with Crippen LogP contribution in [0, 0.1) is 28.6 Å². The second kappa shape index (κ2) is 8.01. The number of aliphatic hydroxyl groups is 1. The second-order valence-corrected chi connectivity index (χ2v) is 15.3. The molecule has 0 radical (unpaired) electrons. The van der Waals surface area contributed by atoms with E-state index in [2.05, 4.69) is 31.7 Å². The highest BCUT2D eigenvalue weighted by Crippen LogP contribution is 2.78. The summed E-state index contributed by atoms with van der Waals surface area (Å²) in [5.41, 5.74) is 0.554. The summed E-state index contributed by atoms with van der Waals surface area (Å²) in [4.78, 5) is 15.6. The molecular weight excluding hydrogens is 490 g/mol. The van der Waals surface area contributed by atoms with Crippen LogP contribution in [0.5, 0.6) is 11.5 Å². The van der Waals surface area contributed by atoms with E-state index in [4.69, 9.17) is 14.2 Å². The van der Waals surface area contributed by atoms with Gasteiger partial charge in [-0.15, -0.1) is 0 Å². The first-order chi connectivity index (χ1) is 18.3. The fourth-order valence-electron chi connectivity index (χ4n) is 9.88. The van der Waals surface area contributed by atoms with E-state index in [9.17, 15) is 9.90 Å². The number of carbonyl (C=O) groups excluding carboxylic acids is 1. The van der Waals surface area contributed by atoms with Gasteiger partial charge in [-0.3, -0.25) is 9.69 Å². The molecule has 7 aliphatic rings. The third-order valence-corrected chi connectivity index (χ3v) is 12.5. The van der Waals surface area contributed by atoms with Crippen molar-refractivity contribution in [3.05, 3.63) is 23.3 Å². The number of piperidine rings is 1. The molecule has 1 aromatic carbocycles. The molecule has 4 saturated carbocycles. The summed E-state index contributed by atoms with van der Waals surface area (Å²) in [5, 5.41) is 12.4. The maximum atomic E-state index is 12.8. The minimum absolute atomic E-state index is 0.01000. The van der Waals surface area contributed by atoms with E-state index < -0.39 is 11.2 Å². The molecule has 2 aliphatic heterocycles. The van der Waals surface area contributed by atoms with Gasteiger partial charge in [-0.1, -0.05) is 40.7 Å². The number of carbonyl (C=O) groups is 1. The van der Waals surface area contributed by atoms with Gasteiger partial charge in [-0.05, 0) is 81.4 Å². The van der Waals surface area contributed by atoms with Crippen molar-refractivity contribution in [1.82, 2.24) is 4.90 Å². The number of hydrogen-bond donors (Lipinski definition) is 1. The normalized spacial score (nSPS) is 39.8. The lowest BCUT2D eigenvalue weighted by Crippen LogP contribution is -2.83. The Morgan fingerprint density at radius 1 is 1.18 bits per heavy atom. The molecule has 1 saturated heterocycles. The van der Waals surface area contributed by atoms with E-state index in [0.29, 0.717) is 11.8 Å². The van der Waals surface area contributed by atoms with Crippen LogP contribution in [0.1, 0.15) is 91.2 Å². The maximum Gasteiger partial charge on any atom is 0.313 e. The minimum atomic E-state index is -0.945. The van der Waals surface area contributed by atoms with Crippen LogP contribution < -0.4 is 9.47 Å². The molecule has 214 valence electrons. The lowest BCUT2D eigenvalue weighted by atomic mass is 9.33. The van der Waals surface area contributed by atoms with Crippen LogP contribution in [0.2, 0.25) is 0 Å². The average Bonchev–Trinajstić information content (AvgIpc) is 3.62. The molecule has 2 spiro atoms. The molecule has 0 amide bonds.